The molecule has 1 unspecified atom stereocenters. The molecule has 0 amide bonds. The second-order valence-electron chi connectivity index (χ2n) is 4.13. The average Bonchev–Trinajstić information content (AvgIpc) is 2.39. The number of hydrogen-bond donors (Lipinski definition) is 1. The molecular weight excluding hydrogens is 275 g/mol. The van der Waals surface area contributed by atoms with Crippen molar-refractivity contribution >= 4 is 0 Å². The molecule has 1 rings (SSSR count). The van der Waals surface area contributed by atoms with Gasteiger partial charge in [-0.3, -0.25) is 0 Å². The number of alkyl halides is 3. The molecule has 0 spiro atoms. The highest BCUT2D eigenvalue weighted by Gasteiger charge is 2.31. The normalized spacial score (nSPS) is 13.6. The molecule has 20 heavy (non-hydrogen) atoms. The molecule has 0 aliphatic rings. The van der Waals surface area contributed by atoms with Gasteiger partial charge in [0, 0.05) is 14.2 Å². The first-order chi connectivity index (χ1) is 9.39. The molecule has 0 aliphatic carbocycles. The largest absolute Gasteiger partial charge is 0.573 e. The van der Waals surface area contributed by atoms with E-state index in [4.69, 9.17) is 9.47 Å². The highest BCUT2D eigenvalue weighted by atomic mass is 19.4. The molecule has 0 aromatic heterocycles. The lowest BCUT2D eigenvalue weighted by Crippen LogP contribution is -2.41. The number of rotatable bonds is 7. The van der Waals surface area contributed by atoms with Crippen molar-refractivity contribution in [2.24, 2.45) is 0 Å². The number of likely N-dealkylation sites (N-methyl/N-ethyl adjacent to an activating group) is 1. The number of hydrogen-bond acceptors (Lipinski definition) is 4. The van der Waals surface area contributed by atoms with Crippen LogP contribution in [0.3, 0.4) is 0 Å². The van der Waals surface area contributed by atoms with E-state index in [0.717, 1.165) is 5.56 Å². The van der Waals surface area contributed by atoms with Crippen LogP contribution < -0.4 is 10.1 Å². The lowest BCUT2D eigenvalue weighted by atomic mass is 10.1. The number of halogens is 3. The van der Waals surface area contributed by atoms with Crippen molar-refractivity contribution < 1.29 is 27.4 Å². The first-order valence-corrected chi connectivity index (χ1v) is 5.97. The summed E-state index contributed by atoms with van der Waals surface area (Å²) in [5.41, 5.74) is 0.845. The molecule has 0 fully saturated rings. The molecule has 0 bridgehead atoms. The molecule has 0 aliphatic heterocycles. The van der Waals surface area contributed by atoms with Gasteiger partial charge in [0.05, 0.1) is 6.04 Å². The zero-order chi connectivity index (χ0) is 15.2. The lowest BCUT2D eigenvalue weighted by Gasteiger charge is -2.24. The summed E-state index contributed by atoms with van der Waals surface area (Å²) in [4.78, 5) is 0. The smallest absolute Gasteiger partial charge is 0.406 e. The second-order valence-corrected chi connectivity index (χ2v) is 4.13. The summed E-state index contributed by atoms with van der Waals surface area (Å²) in [6.45, 7) is 0. The molecular formula is C13H18F3NO3. The zero-order valence-corrected chi connectivity index (χ0v) is 11.5. The first kappa shape index (κ1) is 16.7. The monoisotopic (exact) mass is 293 g/mol. The number of methoxy groups -OCH3 is 2. The molecule has 0 heterocycles. The van der Waals surface area contributed by atoms with Gasteiger partial charge >= 0.3 is 6.36 Å². The Morgan fingerprint density at radius 1 is 1.10 bits per heavy atom. The molecule has 1 aromatic rings. The van der Waals surface area contributed by atoms with Crippen molar-refractivity contribution in [2.45, 2.75) is 25.1 Å². The van der Waals surface area contributed by atoms with Gasteiger partial charge in [0.15, 0.2) is 6.29 Å². The minimum absolute atomic E-state index is 0.112. The Kier molecular flexibility index (Phi) is 6.25. The van der Waals surface area contributed by atoms with Crippen molar-refractivity contribution in [3.8, 4) is 5.75 Å². The Labute approximate surface area is 115 Å². The van der Waals surface area contributed by atoms with Crippen LogP contribution in [0.15, 0.2) is 24.3 Å². The molecule has 1 atom stereocenters. The standard InChI is InChI=1S/C13H18F3NO3/c1-17-11(12(18-2)19-3)8-9-4-6-10(7-5-9)20-13(14,15)16/h4-7,11-12,17H,8H2,1-3H3. The van der Waals surface area contributed by atoms with Crippen molar-refractivity contribution in [1.29, 1.82) is 0 Å². The minimum Gasteiger partial charge on any atom is -0.406 e. The molecule has 0 radical (unpaired) electrons. The van der Waals surface area contributed by atoms with E-state index in [-0.39, 0.29) is 11.8 Å². The summed E-state index contributed by atoms with van der Waals surface area (Å²) in [7, 11) is 4.81. The van der Waals surface area contributed by atoms with Crippen molar-refractivity contribution in [3.63, 3.8) is 0 Å². The fraction of sp³-hybridized carbons (Fsp3) is 0.538. The van der Waals surface area contributed by atoms with E-state index < -0.39 is 12.7 Å². The average molecular weight is 293 g/mol. The Morgan fingerprint density at radius 3 is 2.05 bits per heavy atom. The predicted octanol–water partition coefficient (Wildman–Crippen LogP) is 2.33. The third kappa shape index (κ3) is 5.36. The van der Waals surface area contributed by atoms with E-state index in [0.29, 0.717) is 6.42 Å². The summed E-state index contributed by atoms with van der Waals surface area (Å²) in [6.07, 6.45) is -4.56. The summed E-state index contributed by atoms with van der Waals surface area (Å²) in [5, 5.41) is 3.04. The maximum atomic E-state index is 12.0. The van der Waals surface area contributed by atoms with E-state index in [1.165, 1.54) is 26.4 Å². The van der Waals surface area contributed by atoms with E-state index in [2.05, 4.69) is 10.1 Å². The van der Waals surface area contributed by atoms with Gasteiger partial charge < -0.3 is 19.5 Å². The predicted molar refractivity (Wildman–Crippen MR) is 67.5 cm³/mol. The molecule has 0 saturated heterocycles. The van der Waals surface area contributed by atoms with Gasteiger partial charge in [-0.25, -0.2) is 0 Å². The van der Waals surface area contributed by atoms with Crippen molar-refractivity contribution in [1.82, 2.24) is 5.32 Å². The third-order valence-corrected chi connectivity index (χ3v) is 2.78. The highest BCUT2D eigenvalue weighted by Crippen LogP contribution is 2.23. The van der Waals surface area contributed by atoms with Crippen LogP contribution in [0.5, 0.6) is 5.75 Å². The number of nitrogens with one attached hydrogen (secondary N) is 1. The van der Waals surface area contributed by atoms with Crippen LogP contribution in [-0.2, 0) is 15.9 Å². The fourth-order valence-corrected chi connectivity index (χ4v) is 1.84. The molecule has 0 saturated carbocycles. The Balaban J connectivity index is 2.68. The van der Waals surface area contributed by atoms with Gasteiger partial charge in [-0.05, 0) is 31.2 Å². The molecule has 7 heteroatoms. The highest BCUT2D eigenvalue weighted by molar-refractivity contribution is 5.28. The quantitative estimate of drug-likeness (QED) is 0.783. The summed E-state index contributed by atoms with van der Waals surface area (Å²) in [6, 6.07) is 5.61. The lowest BCUT2D eigenvalue weighted by molar-refractivity contribution is -0.274. The van der Waals surface area contributed by atoms with Gasteiger partial charge in [-0.2, -0.15) is 0 Å². The van der Waals surface area contributed by atoms with Crippen LogP contribution in [0.2, 0.25) is 0 Å². The maximum Gasteiger partial charge on any atom is 0.573 e. The second kappa shape index (κ2) is 7.47. The maximum absolute atomic E-state index is 12.0. The van der Waals surface area contributed by atoms with Crippen LogP contribution in [0.25, 0.3) is 0 Å². The summed E-state index contributed by atoms with van der Waals surface area (Å²) in [5.74, 6) is -0.239. The van der Waals surface area contributed by atoms with Gasteiger partial charge in [-0.1, -0.05) is 12.1 Å². The molecule has 1 aromatic carbocycles. The van der Waals surface area contributed by atoms with Crippen LogP contribution >= 0.6 is 0 Å². The van der Waals surface area contributed by atoms with E-state index >= 15 is 0 Å². The molecule has 114 valence electrons. The number of ether oxygens (including phenoxy) is 3. The van der Waals surface area contributed by atoms with Crippen LogP contribution in [0.1, 0.15) is 5.56 Å². The Hall–Kier alpha value is -1.31. The van der Waals surface area contributed by atoms with E-state index in [1.54, 1.807) is 19.2 Å². The third-order valence-electron chi connectivity index (χ3n) is 2.78. The summed E-state index contributed by atoms with van der Waals surface area (Å²) < 4.78 is 50.2. The Morgan fingerprint density at radius 2 is 1.65 bits per heavy atom. The molecule has 4 nitrogen and oxygen atoms in total. The van der Waals surface area contributed by atoms with E-state index in [1.807, 2.05) is 0 Å². The fourth-order valence-electron chi connectivity index (χ4n) is 1.84. The van der Waals surface area contributed by atoms with Crippen molar-refractivity contribution in [3.05, 3.63) is 29.8 Å². The van der Waals surface area contributed by atoms with Crippen LogP contribution in [0, 0.1) is 0 Å². The first-order valence-electron chi connectivity index (χ1n) is 5.97. The van der Waals surface area contributed by atoms with Gasteiger partial charge in [0.25, 0.3) is 0 Å². The summed E-state index contributed by atoms with van der Waals surface area (Å²) >= 11 is 0. The van der Waals surface area contributed by atoms with Gasteiger partial charge in [0.1, 0.15) is 5.75 Å². The minimum atomic E-state index is -4.67. The number of benzene rings is 1. The SMILES string of the molecule is CNC(Cc1ccc(OC(F)(F)F)cc1)C(OC)OC. The molecule has 1 N–H and O–H groups in total. The zero-order valence-electron chi connectivity index (χ0n) is 11.5. The van der Waals surface area contributed by atoms with E-state index in [9.17, 15) is 13.2 Å². The Bertz CT molecular complexity index is 391. The van der Waals surface area contributed by atoms with Crippen LogP contribution in [0.4, 0.5) is 13.2 Å². The topological polar surface area (TPSA) is 39.7 Å². The van der Waals surface area contributed by atoms with Crippen LogP contribution in [-0.4, -0.2) is 40.0 Å². The van der Waals surface area contributed by atoms with Gasteiger partial charge in [0.2, 0.25) is 0 Å². The van der Waals surface area contributed by atoms with Gasteiger partial charge in [-0.15, -0.1) is 13.2 Å². The van der Waals surface area contributed by atoms with Crippen molar-refractivity contribution in [2.75, 3.05) is 21.3 Å².